The number of methoxy groups -OCH3 is 1. The van der Waals surface area contributed by atoms with Gasteiger partial charge in [-0.2, -0.15) is 0 Å². The number of nitrogens with one attached hydrogen (secondary N) is 3. The Balaban J connectivity index is 1.57. The van der Waals surface area contributed by atoms with Gasteiger partial charge in [0.05, 0.1) is 13.7 Å². The van der Waals surface area contributed by atoms with Crippen LogP contribution in [0.5, 0.6) is 11.5 Å². The average molecular weight is 454 g/mol. The number of anilines is 1. The number of benzene rings is 2. The van der Waals surface area contributed by atoms with Gasteiger partial charge in [0.2, 0.25) is 5.91 Å². The lowest BCUT2D eigenvalue weighted by Gasteiger charge is -2.20. The normalized spacial score (nSPS) is 13.6. The highest BCUT2D eigenvalue weighted by Gasteiger charge is 2.21. The Kier molecular flexibility index (Phi) is 8.69. The first-order chi connectivity index (χ1) is 16.0. The molecule has 176 valence electrons. The molecule has 2 aromatic rings. The predicted molar refractivity (Wildman–Crippen MR) is 125 cm³/mol. The van der Waals surface area contributed by atoms with E-state index in [1.54, 1.807) is 42.5 Å². The molecular formula is C25H31N3O5. The number of hydrogen-bond donors (Lipinski definition) is 3. The molecule has 1 aliphatic carbocycles. The minimum atomic E-state index is -0.495. The highest BCUT2D eigenvalue weighted by molar-refractivity contribution is 6.00. The lowest BCUT2D eigenvalue weighted by atomic mass is 9.88. The van der Waals surface area contributed by atoms with E-state index in [0.29, 0.717) is 34.9 Å². The van der Waals surface area contributed by atoms with Crippen LogP contribution in [0.2, 0.25) is 0 Å². The van der Waals surface area contributed by atoms with Crippen LogP contribution in [0.25, 0.3) is 0 Å². The quantitative estimate of drug-likeness (QED) is 0.523. The highest BCUT2D eigenvalue weighted by atomic mass is 16.5. The number of carbonyl (C=O) groups excluding carboxylic acids is 3. The van der Waals surface area contributed by atoms with Gasteiger partial charge in [0.1, 0.15) is 0 Å². The van der Waals surface area contributed by atoms with Crippen LogP contribution in [0.1, 0.15) is 66.2 Å². The van der Waals surface area contributed by atoms with E-state index < -0.39 is 11.8 Å². The van der Waals surface area contributed by atoms with Crippen LogP contribution in [0.4, 0.5) is 5.69 Å². The lowest BCUT2D eigenvalue weighted by Crippen LogP contribution is -2.41. The largest absolute Gasteiger partial charge is 0.493 e. The molecule has 1 aliphatic rings. The van der Waals surface area contributed by atoms with E-state index in [1.807, 2.05) is 6.92 Å². The van der Waals surface area contributed by atoms with Crippen molar-refractivity contribution in [3.05, 3.63) is 53.6 Å². The third-order valence-corrected chi connectivity index (χ3v) is 5.55. The monoisotopic (exact) mass is 453 g/mol. The summed E-state index contributed by atoms with van der Waals surface area (Å²) in [6.07, 6.45) is 5.96. The zero-order chi connectivity index (χ0) is 23.6. The van der Waals surface area contributed by atoms with Crippen LogP contribution in [0.3, 0.4) is 0 Å². The molecule has 0 heterocycles. The van der Waals surface area contributed by atoms with Gasteiger partial charge in [0, 0.05) is 22.7 Å². The summed E-state index contributed by atoms with van der Waals surface area (Å²) in [5, 5.41) is 2.90. The van der Waals surface area contributed by atoms with Gasteiger partial charge in [0.25, 0.3) is 11.8 Å². The molecule has 1 saturated carbocycles. The second-order valence-corrected chi connectivity index (χ2v) is 8.03. The molecule has 8 nitrogen and oxygen atoms in total. The topological polar surface area (TPSA) is 106 Å². The third-order valence-electron chi connectivity index (χ3n) is 5.55. The summed E-state index contributed by atoms with van der Waals surface area (Å²) < 4.78 is 10.9. The van der Waals surface area contributed by atoms with E-state index in [9.17, 15) is 14.4 Å². The Labute approximate surface area is 194 Å². The second-order valence-electron chi connectivity index (χ2n) is 8.03. The van der Waals surface area contributed by atoms with E-state index in [1.165, 1.54) is 13.5 Å². The molecule has 3 rings (SSSR count). The number of hydrogen-bond acceptors (Lipinski definition) is 5. The second kappa shape index (κ2) is 11.9. The van der Waals surface area contributed by atoms with Crippen molar-refractivity contribution in [2.24, 2.45) is 5.92 Å². The van der Waals surface area contributed by atoms with Gasteiger partial charge in [-0.05, 0) is 55.7 Å². The Morgan fingerprint density at radius 2 is 1.61 bits per heavy atom. The molecule has 0 saturated heterocycles. The minimum Gasteiger partial charge on any atom is -0.493 e. The van der Waals surface area contributed by atoms with Crippen molar-refractivity contribution in [1.29, 1.82) is 0 Å². The Hall–Kier alpha value is -3.55. The number of amides is 3. The van der Waals surface area contributed by atoms with Gasteiger partial charge < -0.3 is 14.8 Å². The SMILES string of the molecule is CCCOc1ccc(C(=O)NNC(=O)c2cccc(NC(=O)C3CCCCC3)c2)cc1OC. The molecule has 1 fully saturated rings. The Morgan fingerprint density at radius 1 is 0.909 bits per heavy atom. The number of carbonyl (C=O) groups is 3. The Bertz CT molecular complexity index is 986. The maximum Gasteiger partial charge on any atom is 0.269 e. The average Bonchev–Trinajstić information content (AvgIpc) is 2.86. The first kappa shape index (κ1) is 24.1. The zero-order valence-electron chi connectivity index (χ0n) is 19.1. The van der Waals surface area contributed by atoms with Crippen molar-refractivity contribution < 1.29 is 23.9 Å². The fourth-order valence-electron chi connectivity index (χ4n) is 3.75. The predicted octanol–water partition coefficient (Wildman–Crippen LogP) is 4.08. The molecule has 0 unspecified atom stereocenters. The van der Waals surface area contributed by atoms with Gasteiger partial charge in [-0.3, -0.25) is 25.2 Å². The van der Waals surface area contributed by atoms with E-state index in [0.717, 1.165) is 32.1 Å². The standard InChI is InChI=1S/C25H31N3O5/c1-3-14-33-21-13-12-19(16-22(21)32-2)25(31)28-27-24(30)18-10-7-11-20(15-18)26-23(29)17-8-5-4-6-9-17/h7,10-13,15-17H,3-6,8-9,14H2,1-2H3,(H,26,29)(H,27,30)(H,28,31). The maximum atomic E-state index is 12.5. The first-order valence-corrected chi connectivity index (χ1v) is 11.3. The van der Waals surface area contributed by atoms with Gasteiger partial charge in [-0.15, -0.1) is 0 Å². The van der Waals surface area contributed by atoms with Gasteiger partial charge >= 0.3 is 0 Å². The van der Waals surface area contributed by atoms with E-state index in [-0.39, 0.29) is 11.8 Å². The molecule has 0 atom stereocenters. The smallest absolute Gasteiger partial charge is 0.269 e. The lowest BCUT2D eigenvalue weighted by molar-refractivity contribution is -0.120. The van der Waals surface area contributed by atoms with Crippen molar-refractivity contribution in [3.63, 3.8) is 0 Å². The number of ether oxygens (including phenoxy) is 2. The molecule has 2 aromatic carbocycles. The molecule has 0 bridgehead atoms. The fraction of sp³-hybridized carbons (Fsp3) is 0.400. The molecule has 3 amide bonds. The van der Waals surface area contributed by atoms with Crippen molar-refractivity contribution in [2.75, 3.05) is 19.0 Å². The van der Waals surface area contributed by atoms with E-state index in [4.69, 9.17) is 9.47 Å². The van der Waals surface area contributed by atoms with Crippen molar-refractivity contribution in [1.82, 2.24) is 10.9 Å². The summed E-state index contributed by atoms with van der Waals surface area (Å²) in [5.74, 6) is 0.000399. The van der Waals surface area contributed by atoms with Crippen LogP contribution in [-0.2, 0) is 4.79 Å². The molecule has 3 N–H and O–H groups in total. The van der Waals surface area contributed by atoms with Crippen LogP contribution in [-0.4, -0.2) is 31.4 Å². The van der Waals surface area contributed by atoms with E-state index >= 15 is 0 Å². The van der Waals surface area contributed by atoms with Gasteiger partial charge in [-0.1, -0.05) is 32.3 Å². The summed E-state index contributed by atoms with van der Waals surface area (Å²) >= 11 is 0. The van der Waals surface area contributed by atoms with Gasteiger partial charge in [0.15, 0.2) is 11.5 Å². The molecule has 8 heteroatoms. The molecule has 0 aliphatic heterocycles. The minimum absolute atomic E-state index is 0.0131. The Morgan fingerprint density at radius 3 is 2.27 bits per heavy atom. The van der Waals surface area contributed by atoms with Crippen LogP contribution in [0, 0.1) is 5.92 Å². The summed E-state index contributed by atoms with van der Waals surface area (Å²) in [7, 11) is 1.50. The highest BCUT2D eigenvalue weighted by Crippen LogP contribution is 2.28. The molecule has 0 aromatic heterocycles. The first-order valence-electron chi connectivity index (χ1n) is 11.3. The molecule has 0 spiro atoms. The van der Waals surface area contributed by atoms with Crippen molar-refractivity contribution >= 4 is 23.4 Å². The number of rotatable bonds is 8. The third kappa shape index (κ3) is 6.71. The maximum absolute atomic E-state index is 12.5. The number of hydrazine groups is 1. The molecule has 0 radical (unpaired) electrons. The van der Waals surface area contributed by atoms with E-state index in [2.05, 4.69) is 16.2 Å². The van der Waals surface area contributed by atoms with Crippen LogP contribution in [0.15, 0.2) is 42.5 Å². The fourth-order valence-corrected chi connectivity index (χ4v) is 3.75. The molecular weight excluding hydrogens is 422 g/mol. The summed E-state index contributed by atoms with van der Waals surface area (Å²) in [6.45, 7) is 2.54. The van der Waals surface area contributed by atoms with Crippen molar-refractivity contribution in [2.45, 2.75) is 45.4 Å². The summed E-state index contributed by atoms with van der Waals surface area (Å²) in [4.78, 5) is 37.5. The van der Waals surface area contributed by atoms with Crippen molar-refractivity contribution in [3.8, 4) is 11.5 Å². The summed E-state index contributed by atoms with van der Waals surface area (Å²) in [5.41, 5.74) is 5.98. The summed E-state index contributed by atoms with van der Waals surface area (Å²) in [6, 6.07) is 11.4. The van der Waals surface area contributed by atoms with Crippen LogP contribution < -0.4 is 25.6 Å². The molecule has 33 heavy (non-hydrogen) atoms. The zero-order valence-corrected chi connectivity index (χ0v) is 19.1. The van der Waals surface area contributed by atoms with Gasteiger partial charge in [-0.25, -0.2) is 0 Å². The van der Waals surface area contributed by atoms with Crippen LogP contribution >= 0.6 is 0 Å².